The van der Waals surface area contributed by atoms with Gasteiger partial charge in [0.05, 0.1) is 23.7 Å². The molecule has 0 saturated heterocycles. The highest BCUT2D eigenvalue weighted by atomic mass is 35.5. The van der Waals surface area contributed by atoms with Crippen molar-refractivity contribution in [3.63, 3.8) is 0 Å². The Bertz CT molecular complexity index is 150. The van der Waals surface area contributed by atoms with Crippen LogP contribution in [-0.2, 0) is 4.74 Å². The third-order valence-electron chi connectivity index (χ3n) is 2.64. The largest absolute Gasteiger partial charge is 0.392 e. The van der Waals surface area contributed by atoms with Crippen LogP contribution in [0.1, 0.15) is 47.0 Å². The molecule has 3 unspecified atom stereocenters. The van der Waals surface area contributed by atoms with E-state index in [9.17, 15) is 5.11 Å². The highest BCUT2D eigenvalue weighted by Crippen LogP contribution is 2.22. The fourth-order valence-corrected chi connectivity index (χ4v) is 1.36. The van der Waals surface area contributed by atoms with Gasteiger partial charge in [0.15, 0.2) is 0 Å². The molecule has 0 aromatic heterocycles. The third-order valence-corrected chi connectivity index (χ3v) is 3.13. The molecule has 14 heavy (non-hydrogen) atoms. The van der Waals surface area contributed by atoms with Crippen molar-refractivity contribution in [2.45, 2.75) is 64.0 Å². The smallest absolute Gasteiger partial charge is 0.0826 e. The van der Waals surface area contributed by atoms with Crippen molar-refractivity contribution in [3.8, 4) is 0 Å². The Morgan fingerprint density at radius 2 is 2.00 bits per heavy atom. The van der Waals surface area contributed by atoms with Gasteiger partial charge in [0.25, 0.3) is 0 Å². The van der Waals surface area contributed by atoms with Crippen LogP contribution in [0, 0.1) is 0 Å². The highest BCUT2D eigenvalue weighted by Gasteiger charge is 2.23. The first-order valence-corrected chi connectivity index (χ1v) is 5.85. The van der Waals surface area contributed by atoms with Crippen LogP contribution in [0.4, 0.5) is 0 Å². The fraction of sp³-hybridized carbons (Fsp3) is 1.00. The summed E-state index contributed by atoms with van der Waals surface area (Å²) in [5.74, 6) is 0. The molecular formula is C11H23ClO2. The van der Waals surface area contributed by atoms with Crippen LogP contribution in [0.25, 0.3) is 0 Å². The van der Waals surface area contributed by atoms with Gasteiger partial charge in [-0.1, -0.05) is 20.3 Å². The first-order valence-electron chi connectivity index (χ1n) is 5.41. The minimum atomic E-state index is -0.514. The topological polar surface area (TPSA) is 29.5 Å². The summed E-state index contributed by atoms with van der Waals surface area (Å²) in [5.41, 5.74) is -0.0865. The highest BCUT2D eigenvalue weighted by molar-refractivity contribution is 6.21. The van der Waals surface area contributed by atoms with Crippen LogP contribution in [0.15, 0.2) is 0 Å². The van der Waals surface area contributed by atoms with Crippen molar-refractivity contribution < 1.29 is 9.84 Å². The van der Waals surface area contributed by atoms with Crippen molar-refractivity contribution in [1.82, 2.24) is 0 Å². The maximum Gasteiger partial charge on any atom is 0.0826 e. The number of hydrogen-bond donors (Lipinski definition) is 1. The van der Waals surface area contributed by atoms with E-state index in [2.05, 4.69) is 20.8 Å². The lowest BCUT2D eigenvalue weighted by molar-refractivity contribution is -0.0487. The van der Waals surface area contributed by atoms with Crippen LogP contribution < -0.4 is 0 Å². The zero-order valence-corrected chi connectivity index (χ0v) is 10.5. The number of hydrogen-bond acceptors (Lipinski definition) is 2. The van der Waals surface area contributed by atoms with Crippen LogP contribution in [0.2, 0.25) is 0 Å². The molecule has 0 bridgehead atoms. The predicted molar refractivity (Wildman–Crippen MR) is 60.9 cm³/mol. The summed E-state index contributed by atoms with van der Waals surface area (Å²) in [4.78, 5) is 0. The molecule has 3 heteroatoms. The van der Waals surface area contributed by atoms with Crippen molar-refractivity contribution >= 4 is 11.6 Å². The molecule has 0 spiro atoms. The molecule has 0 aromatic rings. The van der Waals surface area contributed by atoms with Crippen molar-refractivity contribution in [3.05, 3.63) is 0 Å². The quantitative estimate of drug-likeness (QED) is 0.672. The van der Waals surface area contributed by atoms with Crippen molar-refractivity contribution in [2.75, 3.05) is 6.61 Å². The Hall–Kier alpha value is 0.210. The molecule has 3 atom stereocenters. The Morgan fingerprint density at radius 3 is 2.36 bits per heavy atom. The molecule has 0 radical (unpaired) electrons. The van der Waals surface area contributed by atoms with Gasteiger partial charge in [-0.05, 0) is 26.7 Å². The van der Waals surface area contributed by atoms with Crippen molar-refractivity contribution in [1.29, 1.82) is 0 Å². The summed E-state index contributed by atoms with van der Waals surface area (Å²) in [6.45, 7) is 8.46. The van der Waals surface area contributed by atoms with Crippen LogP contribution >= 0.6 is 11.6 Å². The minimum absolute atomic E-state index is 0.0865. The molecule has 0 aromatic carbocycles. The van der Waals surface area contributed by atoms with E-state index >= 15 is 0 Å². The average molecular weight is 223 g/mol. The SMILES string of the molecule is CCCC(C)(CC)OCC(Cl)C(C)O. The van der Waals surface area contributed by atoms with Gasteiger partial charge in [-0.25, -0.2) is 0 Å². The predicted octanol–water partition coefficient (Wildman–Crippen LogP) is 2.96. The fourth-order valence-electron chi connectivity index (χ4n) is 1.30. The zero-order valence-electron chi connectivity index (χ0n) is 9.72. The van der Waals surface area contributed by atoms with Gasteiger partial charge in [0.2, 0.25) is 0 Å². The lowest BCUT2D eigenvalue weighted by Gasteiger charge is -2.30. The summed E-state index contributed by atoms with van der Waals surface area (Å²) in [6.07, 6.45) is 2.60. The molecule has 1 N–H and O–H groups in total. The van der Waals surface area contributed by atoms with E-state index in [0.29, 0.717) is 6.61 Å². The maximum atomic E-state index is 9.21. The van der Waals surface area contributed by atoms with Gasteiger partial charge in [-0.15, -0.1) is 11.6 Å². The van der Waals surface area contributed by atoms with E-state index < -0.39 is 6.10 Å². The molecule has 0 aliphatic carbocycles. The second-order valence-electron chi connectivity index (χ2n) is 4.12. The van der Waals surface area contributed by atoms with Gasteiger partial charge in [-0.3, -0.25) is 0 Å². The van der Waals surface area contributed by atoms with Gasteiger partial charge in [0.1, 0.15) is 0 Å². The van der Waals surface area contributed by atoms with Gasteiger partial charge in [-0.2, -0.15) is 0 Å². The van der Waals surface area contributed by atoms with Crippen molar-refractivity contribution in [2.24, 2.45) is 0 Å². The number of halogens is 1. The Balaban J connectivity index is 3.94. The number of aliphatic hydroxyl groups is 1. The summed E-state index contributed by atoms with van der Waals surface area (Å²) in [7, 11) is 0. The van der Waals surface area contributed by atoms with E-state index in [1.165, 1.54) is 0 Å². The molecule has 0 fully saturated rings. The van der Waals surface area contributed by atoms with Gasteiger partial charge in [0, 0.05) is 0 Å². The minimum Gasteiger partial charge on any atom is -0.392 e. The van der Waals surface area contributed by atoms with Crippen LogP contribution in [0.5, 0.6) is 0 Å². The molecule has 0 aliphatic rings. The molecular weight excluding hydrogens is 200 g/mol. The molecule has 0 amide bonds. The molecule has 2 nitrogen and oxygen atoms in total. The number of rotatable bonds is 7. The number of aliphatic hydroxyl groups excluding tert-OH is 1. The van der Waals surface area contributed by atoms with Gasteiger partial charge >= 0.3 is 0 Å². The second kappa shape index (κ2) is 6.65. The van der Waals surface area contributed by atoms with E-state index in [1.807, 2.05) is 0 Å². The Morgan fingerprint density at radius 1 is 1.43 bits per heavy atom. The molecule has 0 aliphatic heterocycles. The third kappa shape index (κ3) is 5.18. The molecule has 0 saturated carbocycles. The second-order valence-corrected chi connectivity index (χ2v) is 4.68. The van der Waals surface area contributed by atoms with E-state index in [-0.39, 0.29) is 11.0 Å². The van der Waals surface area contributed by atoms with Crippen LogP contribution in [0.3, 0.4) is 0 Å². The average Bonchev–Trinajstić information content (AvgIpc) is 2.14. The Kier molecular flexibility index (Phi) is 6.75. The number of alkyl halides is 1. The summed E-state index contributed by atoms with van der Waals surface area (Å²) in [5, 5.41) is 8.90. The van der Waals surface area contributed by atoms with E-state index in [1.54, 1.807) is 6.92 Å². The monoisotopic (exact) mass is 222 g/mol. The van der Waals surface area contributed by atoms with E-state index in [0.717, 1.165) is 19.3 Å². The normalized spacial score (nSPS) is 20.1. The molecule has 0 rings (SSSR count). The van der Waals surface area contributed by atoms with Crippen LogP contribution in [-0.4, -0.2) is 28.8 Å². The lowest BCUT2D eigenvalue weighted by Crippen LogP contribution is -2.33. The first-order chi connectivity index (χ1) is 6.45. The maximum absolute atomic E-state index is 9.21. The standard InChI is InChI=1S/C11H23ClO2/c1-5-7-11(4,6-2)14-8-10(12)9(3)13/h9-10,13H,5-8H2,1-4H3. The number of ether oxygens (including phenoxy) is 1. The zero-order chi connectivity index (χ0) is 11.2. The molecule has 0 heterocycles. The Labute approximate surface area is 92.6 Å². The first kappa shape index (κ1) is 14.2. The summed E-state index contributed by atoms with van der Waals surface area (Å²) >= 11 is 5.90. The summed E-state index contributed by atoms with van der Waals surface area (Å²) < 4.78 is 5.75. The lowest BCUT2D eigenvalue weighted by atomic mass is 9.97. The summed E-state index contributed by atoms with van der Waals surface area (Å²) in [6, 6.07) is 0. The van der Waals surface area contributed by atoms with Gasteiger partial charge < -0.3 is 9.84 Å². The van der Waals surface area contributed by atoms with E-state index in [4.69, 9.17) is 16.3 Å². The molecule has 86 valence electrons.